The average Bonchev–Trinajstić information content (AvgIpc) is 2.57. The zero-order valence-corrected chi connectivity index (χ0v) is 14.0. The molecule has 0 unspecified atom stereocenters. The molecule has 0 aliphatic heterocycles. The van der Waals surface area contributed by atoms with Gasteiger partial charge in [0.25, 0.3) is 5.91 Å². The van der Waals surface area contributed by atoms with Crippen LogP contribution in [0.5, 0.6) is 0 Å². The fraction of sp³-hybridized carbons (Fsp3) is 0.294. The zero-order valence-electron chi connectivity index (χ0n) is 13.2. The fourth-order valence-corrected chi connectivity index (χ4v) is 2.81. The number of hydrogen-bond donors (Lipinski definition) is 2. The van der Waals surface area contributed by atoms with Gasteiger partial charge >= 0.3 is 5.97 Å². The van der Waals surface area contributed by atoms with E-state index in [4.69, 9.17) is 10.5 Å². The van der Waals surface area contributed by atoms with Gasteiger partial charge in [0.05, 0.1) is 7.11 Å². The van der Waals surface area contributed by atoms with Gasteiger partial charge in [-0.05, 0) is 35.9 Å². The molecule has 0 aliphatic carbocycles. The lowest BCUT2D eigenvalue weighted by molar-refractivity contribution is -0.142. The standard InChI is InChI=1S/C17H20N2O3S/c1-22-17(21)15(7-8-23-2)19-16(20)12-9-11-5-3-4-6-13(11)14(18)10-12/h3-6,9-10,15H,7-8,18H2,1-2H3,(H,19,20)/t15-/m0/s1. The topological polar surface area (TPSA) is 81.4 Å². The summed E-state index contributed by atoms with van der Waals surface area (Å²) in [4.78, 5) is 24.2. The third kappa shape index (κ3) is 4.16. The number of fused-ring (bicyclic) bond motifs is 1. The fourth-order valence-electron chi connectivity index (χ4n) is 2.34. The van der Waals surface area contributed by atoms with Gasteiger partial charge in [0.2, 0.25) is 0 Å². The molecule has 1 atom stereocenters. The van der Waals surface area contributed by atoms with Gasteiger partial charge in [0, 0.05) is 16.6 Å². The molecule has 0 fully saturated rings. The predicted octanol–water partition coefficient (Wildman–Crippen LogP) is 2.45. The van der Waals surface area contributed by atoms with E-state index in [0.29, 0.717) is 17.7 Å². The van der Waals surface area contributed by atoms with Gasteiger partial charge in [-0.1, -0.05) is 24.3 Å². The normalized spacial score (nSPS) is 11.9. The second-order valence-electron chi connectivity index (χ2n) is 5.12. The summed E-state index contributed by atoms with van der Waals surface area (Å²) in [7, 11) is 1.31. The number of methoxy groups -OCH3 is 1. The number of nitrogens with one attached hydrogen (secondary N) is 1. The van der Waals surface area contributed by atoms with Crippen LogP contribution in [-0.4, -0.2) is 37.0 Å². The van der Waals surface area contributed by atoms with Gasteiger partial charge in [0.1, 0.15) is 6.04 Å². The van der Waals surface area contributed by atoms with Crippen molar-refractivity contribution in [2.24, 2.45) is 0 Å². The lowest BCUT2D eigenvalue weighted by atomic mass is 10.0. The molecular weight excluding hydrogens is 312 g/mol. The number of ether oxygens (including phenoxy) is 1. The molecule has 3 N–H and O–H groups in total. The van der Waals surface area contributed by atoms with Gasteiger partial charge in [-0.2, -0.15) is 11.8 Å². The highest BCUT2D eigenvalue weighted by Gasteiger charge is 2.22. The Hall–Kier alpha value is -2.21. The minimum absolute atomic E-state index is 0.334. The molecule has 0 aromatic heterocycles. The molecule has 2 aromatic rings. The molecule has 2 aromatic carbocycles. The first-order valence-corrected chi connectivity index (χ1v) is 8.62. The number of esters is 1. The van der Waals surface area contributed by atoms with Gasteiger partial charge in [-0.25, -0.2) is 4.79 Å². The zero-order chi connectivity index (χ0) is 16.8. The van der Waals surface area contributed by atoms with Crippen LogP contribution in [0.15, 0.2) is 36.4 Å². The SMILES string of the molecule is COC(=O)[C@H](CCSC)NC(=O)c1cc(N)c2ccccc2c1. The van der Waals surface area contributed by atoms with Crippen LogP contribution in [0.25, 0.3) is 10.8 Å². The molecule has 0 saturated heterocycles. The molecule has 1 amide bonds. The third-order valence-corrected chi connectivity index (χ3v) is 4.20. The molecule has 0 heterocycles. The first kappa shape index (κ1) is 17.1. The van der Waals surface area contributed by atoms with E-state index < -0.39 is 12.0 Å². The Kier molecular flexibility index (Phi) is 5.87. The maximum absolute atomic E-state index is 12.5. The second-order valence-corrected chi connectivity index (χ2v) is 6.10. The lowest BCUT2D eigenvalue weighted by Gasteiger charge is -2.16. The molecule has 122 valence electrons. The predicted molar refractivity (Wildman–Crippen MR) is 94.6 cm³/mol. The first-order valence-electron chi connectivity index (χ1n) is 7.22. The number of carbonyl (C=O) groups is 2. The van der Waals surface area contributed by atoms with Crippen LogP contribution in [0.1, 0.15) is 16.8 Å². The summed E-state index contributed by atoms with van der Waals surface area (Å²) in [5.41, 5.74) is 6.98. The Balaban J connectivity index is 2.23. The maximum Gasteiger partial charge on any atom is 0.328 e. The quantitative estimate of drug-likeness (QED) is 0.627. The van der Waals surface area contributed by atoms with E-state index in [1.807, 2.05) is 30.5 Å². The highest BCUT2D eigenvalue weighted by Crippen LogP contribution is 2.23. The number of anilines is 1. The molecular formula is C17H20N2O3S. The summed E-state index contributed by atoms with van der Waals surface area (Å²) in [6.45, 7) is 0. The number of amides is 1. The van der Waals surface area contributed by atoms with Crippen molar-refractivity contribution in [3.63, 3.8) is 0 Å². The average molecular weight is 332 g/mol. The molecule has 23 heavy (non-hydrogen) atoms. The van der Waals surface area contributed by atoms with Crippen molar-refractivity contribution >= 4 is 40.1 Å². The van der Waals surface area contributed by atoms with Crippen LogP contribution in [0, 0.1) is 0 Å². The van der Waals surface area contributed by atoms with Gasteiger partial charge in [0.15, 0.2) is 0 Å². The second kappa shape index (κ2) is 7.87. The van der Waals surface area contributed by atoms with Crippen LogP contribution < -0.4 is 11.1 Å². The molecule has 6 heteroatoms. The Labute approximate surface area is 139 Å². The Morgan fingerprint density at radius 3 is 2.74 bits per heavy atom. The number of nitrogens with two attached hydrogens (primary N) is 1. The van der Waals surface area contributed by atoms with Crippen molar-refractivity contribution in [3.05, 3.63) is 42.0 Å². The summed E-state index contributed by atoms with van der Waals surface area (Å²) < 4.78 is 4.75. The molecule has 0 saturated carbocycles. The van der Waals surface area contributed by atoms with E-state index in [2.05, 4.69) is 5.32 Å². The highest BCUT2D eigenvalue weighted by atomic mass is 32.2. The van der Waals surface area contributed by atoms with Crippen molar-refractivity contribution < 1.29 is 14.3 Å². The summed E-state index contributed by atoms with van der Waals surface area (Å²) >= 11 is 1.61. The minimum atomic E-state index is -0.660. The van der Waals surface area contributed by atoms with Crippen molar-refractivity contribution in [1.82, 2.24) is 5.32 Å². The molecule has 2 rings (SSSR count). The van der Waals surface area contributed by atoms with Crippen molar-refractivity contribution in [2.45, 2.75) is 12.5 Å². The van der Waals surface area contributed by atoms with Gasteiger partial charge in [-0.3, -0.25) is 4.79 Å². The number of hydrogen-bond acceptors (Lipinski definition) is 5. The number of benzene rings is 2. The van der Waals surface area contributed by atoms with Crippen LogP contribution >= 0.6 is 11.8 Å². The molecule has 0 bridgehead atoms. The summed E-state index contributed by atoms with van der Waals surface area (Å²) in [5.74, 6) is -0.0278. The van der Waals surface area contributed by atoms with E-state index in [1.54, 1.807) is 23.9 Å². The number of carbonyl (C=O) groups excluding carboxylic acids is 2. The Morgan fingerprint density at radius 1 is 1.30 bits per heavy atom. The third-order valence-electron chi connectivity index (χ3n) is 3.56. The van der Waals surface area contributed by atoms with E-state index in [0.717, 1.165) is 16.5 Å². The summed E-state index contributed by atoms with van der Waals surface area (Å²) in [5, 5.41) is 4.51. The number of thioether (sulfide) groups is 1. The Bertz CT molecular complexity index is 718. The van der Waals surface area contributed by atoms with Crippen LogP contribution in [0.4, 0.5) is 5.69 Å². The maximum atomic E-state index is 12.5. The largest absolute Gasteiger partial charge is 0.467 e. The summed E-state index contributed by atoms with van der Waals surface area (Å²) in [6, 6.07) is 10.3. The molecule has 0 radical (unpaired) electrons. The molecule has 0 spiro atoms. The molecule has 0 aliphatic rings. The van der Waals surface area contributed by atoms with Gasteiger partial charge < -0.3 is 15.8 Å². The van der Waals surface area contributed by atoms with E-state index in [-0.39, 0.29) is 5.91 Å². The van der Waals surface area contributed by atoms with Gasteiger partial charge in [-0.15, -0.1) is 0 Å². The Morgan fingerprint density at radius 2 is 2.04 bits per heavy atom. The lowest BCUT2D eigenvalue weighted by Crippen LogP contribution is -2.42. The summed E-state index contributed by atoms with van der Waals surface area (Å²) in [6.07, 6.45) is 2.46. The van der Waals surface area contributed by atoms with Crippen LogP contribution in [0.2, 0.25) is 0 Å². The van der Waals surface area contributed by atoms with E-state index >= 15 is 0 Å². The van der Waals surface area contributed by atoms with Crippen molar-refractivity contribution in [3.8, 4) is 0 Å². The molecule has 5 nitrogen and oxygen atoms in total. The van der Waals surface area contributed by atoms with Crippen molar-refractivity contribution in [1.29, 1.82) is 0 Å². The monoisotopic (exact) mass is 332 g/mol. The van der Waals surface area contributed by atoms with E-state index in [1.165, 1.54) is 7.11 Å². The van der Waals surface area contributed by atoms with E-state index in [9.17, 15) is 9.59 Å². The smallest absolute Gasteiger partial charge is 0.328 e. The van der Waals surface area contributed by atoms with Crippen molar-refractivity contribution in [2.75, 3.05) is 24.9 Å². The minimum Gasteiger partial charge on any atom is -0.467 e. The first-order chi connectivity index (χ1) is 11.1. The van der Waals surface area contributed by atoms with Crippen LogP contribution in [-0.2, 0) is 9.53 Å². The highest BCUT2D eigenvalue weighted by molar-refractivity contribution is 7.98. The van der Waals surface area contributed by atoms with Crippen LogP contribution in [0.3, 0.4) is 0 Å². The number of nitrogen functional groups attached to an aromatic ring is 1. The number of rotatable bonds is 6.